The van der Waals surface area contributed by atoms with Gasteiger partial charge in [0, 0.05) is 49.4 Å². The number of H-pyrrole nitrogens is 1. The lowest BCUT2D eigenvalue weighted by Gasteiger charge is -2.32. The van der Waals surface area contributed by atoms with Crippen molar-refractivity contribution in [3.05, 3.63) is 53.9 Å². The molecule has 3 aromatic rings. The van der Waals surface area contributed by atoms with Crippen LogP contribution < -0.4 is 0 Å². The molecule has 1 aliphatic heterocycles. The molecular weight excluding hydrogens is 309 g/mol. The summed E-state index contributed by atoms with van der Waals surface area (Å²) in [5.41, 5.74) is 2.02. The zero-order chi connectivity index (χ0) is 16.5. The lowest BCUT2D eigenvalue weighted by atomic mass is 9.94. The van der Waals surface area contributed by atoms with E-state index in [1.165, 1.54) is 24.5 Å². The van der Waals surface area contributed by atoms with Crippen LogP contribution in [0.25, 0.3) is 11.0 Å². The molecule has 1 aromatic carbocycles. The summed E-state index contributed by atoms with van der Waals surface area (Å²) in [5, 5.41) is 6.93. The molecule has 0 bridgehead atoms. The highest BCUT2D eigenvalue weighted by Crippen LogP contribution is 2.27. The van der Waals surface area contributed by atoms with Crippen LogP contribution in [-0.4, -0.2) is 44.1 Å². The number of likely N-dealkylation sites (tertiary alicyclic amines) is 1. The van der Waals surface area contributed by atoms with Gasteiger partial charge in [-0.05, 0) is 25.0 Å². The molecule has 0 radical (unpaired) electrons. The molecule has 1 atom stereocenters. The van der Waals surface area contributed by atoms with Gasteiger partial charge in [-0.3, -0.25) is 19.9 Å². The Morgan fingerprint density at radius 2 is 2.00 bits per heavy atom. The molecular formula is C17H16FN5O. The number of nitrogens with one attached hydrogen (secondary N) is 1. The summed E-state index contributed by atoms with van der Waals surface area (Å²) < 4.78 is 14.4. The largest absolute Gasteiger partial charge is 0.338 e. The molecule has 0 spiro atoms. The van der Waals surface area contributed by atoms with Crippen LogP contribution in [0.3, 0.4) is 0 Å². The molecule has 6 nitrogen and oxygen atoms in total. The Balaban J connectivity index is 1.62. The third kappa shape index (κ3) is 2.62. The molecule has 1 amide bonds. The van der Waals surface area contributed by atoms with Crippen molar-refractivity contribution in [1.29, 1.82) is 0 Å². The fourth-order valence-electron chi connectivity index (χ4n) is 3.23. The Kier molecular flexibility index (Phi) is 3.68. The van der Waals surface area contributed by atoms with E-state index in [1.807, 2.05) is 6.07 Å². The highest BCUT2D eigenvalue weighted by molar-refractivity contribution is 5.97. The number of piperidine rings is 1. The van der Waals surface area contributed by atoms with Gasteiger partial charge in [0.25, 0.3) is 5.91 Å². The number of benzene rings is 1. The van der Waals surface area contributed by atoms with Crippen molar-refractivity contribution in [2.24, 2.45) is 0 Å². The van der Waals surface area contributed by atoms with Crippen LogP contribution in [0.2, 0.25) is 0 Å². The van der Waals surface area contributed by atoms with E-state index in [1.54, 1.807) is 11.1 Å². The van der Waals surface area contributed by atoms with Crippen LogP contribution in [0, 0.1) is 5.82 Å². The number of hydrogen-bond donors (Lipinski definition) is 1. The Morgan fingerprint density at radius 3 is 2.75 bits per heavy atom. The topological polar surface area (TPSA) is 74.8 Å². The lowest BCUT2D eigenvalue weighted by molar-refractivity contribution is 0.0701. The number of aromatic amines is 1. The first kappa shape index (κ1) is 14.7. The van der Waals surface area contributed by atoms with Crippen LogP contribution in [0.4, 0.5) is 4.39 Å². The summed E-state index contributed by atoms with van der Waals surface area (Å²) >= 11 is 0. The maximum Gasteiger partial charge on any atom is 0.256 e. The number of hydrogen-bond acceptors (Lipinski definition) is 4. The van der Waals surface area contributed by atoms with Gasteiger partial charge in [0.15, 0.2) is 0 Å². The first-order valence-corrected chi connectivity index (χ1v) is 7.91. The van der Waals surface area contributed by atoms with Crippen molar-refractivity contribution < 1.29 is 9.18 Å². The van der Waals surface area contributed by atoms with Crippen molar-refractivity contribution in [3.63, 3.8) is 0 Å². The Bertz CT molecular complexity index is 880. The zero-order valence-corrected chi connectivity index (χ0v) is 12.9. The fraction of sp³-hybridized carbons (Fsp3) is 0.294. The van der Waals surface area contributed by atoms with E-state index in [0.29, 0.717) is 24.1 Å². The van der Waals surface area contributed by atoms with Gasteiger partial charge < -0.3 is 4.90 Å². The van der Waals surface area contributed by atoms with Gasteiger partial charge in [-0.25, -0.2) is 4.39 Å². The number of amides is 1. The average molecular weight is 325 g/mol. The minimum absolute atomic E-state index is 0.0493. The van der Waals surface area contributed by atoms with Crippen molar-refractivity contribution >= 4 is 16.9 Å². The Labute approximate surface area is 137 Å². The molecule has 4 rings (SSSR count). The number of halogens is 1. The number of nitrogens with zero attached hydrogens (tertiary/aromatic N) is 4. The van der Waals surface area contributed by atoms with Crippen LogP contribution >= 0.6 is 0 Å². The van der Waals surface area contributed by atoms with Crippen molar-refractivity contribution in [2.45, 2.75) is 18.8 Å². The second kappa shape index (κ2) is 5.99. The van der Waals surface area contributed by atoms with E-state index >= 15 is 0 Å². The Morgan fingerprint density at radius 1 is 1.21 bits per heavy atom. The van der Waals surface area contributed by atoms with E-state index < -0.39 is 5.82 Å². The number of fused-ring (bicyclic) bond motifs is 1. The zero-order valence-electron chi connectivity index (χ0n) is 12.9. The minimum Gasteiger partial charge on any atom is -0.338 e. The van der Waals surface area contributed by atoms with Gasteiger partial charge in [0.1, 0.15) is 5.82 Å². The van der Waals surface area contributed by atoms with Gasteiger partial charge >= 0.3 is 0 Å². The molecule has 1 aliphatic rings. The highest BCUT2D eigenvalue weighted by Gasteiger charge is 2.28. The summed E-state index contributed by atoms with van der Waals surface area (Å²) in [6, 6.07) is 4.68. The predicted octanol–water partition coefficient (Wildman–Crippen LogP) is 2.51. The van der Waals surface area contributed by atoms with Gasteiger partial charge in [-0.1, -0.05) is 0 Å². The van der Waals surface area contributed by atoms with Crippen molar-refractivity contribution in [1.82, 2.24) is 25.1 Å². The molecule has 1 unspecified atom stereocenters. The second-order valence-electron chi connectivity index (χ2n) is 5.98. The van der Waals surface area contributed by atoms with E-state index in [-0.39, 0.29) is 17.4 Å². The molecule has 1 N–H and O–H groups in total. The molecule has 122 valence electrons. The van der Waals surface area contributed by atoms with Crippen LogP contribution in [0.15, 0.2) is 36.8 Å². The predicted molar refractivity (Wildman–Crippen MR) is 86.0 cm³/mol. The monoisotopic (exact) mass is 325 g/mol. The molecule has 2 aromatic heterocycles. The van der Waals surface area contributed by atoms with Crippen LogP contribution in [0.1, 0.15) is 34.8 Å². The van der Waals surface area contributed by atoms with E-state index in [2.05, 4.69) is 20.2 Å². The molecule has 3 heterocycles. The molecule has 0 aliphatic carbocycles. The third-order valence-corrected chi connectivity index (χ3v) is 4.46. The standard InChI is InChI=1S/C17H16FN5O/c18-13-9-16-15(19-5-6-20-16)8-12(13)17(24)23-7-1-2-11(10-23)14-3-4-21-22-14/h3-6,8-9,11H,1-2,7,10H2,(H,21,22). The number of carbonyl (C=O) groups is 1. The summed E-state index contributed by atoms with van der Waals surface area (Å²) in [4.78, 5) is 22.7. The number of aromatic nitrogens is 4. The molecule has 7 heteroatoms. The first-order chi connectivity index (χ1) is 11.7. The summed E-state index contributed by atoms with van der Waals surface area (Å²) in [5.74, 6) is -0.658. The van der Waals surface area contributed by atoms with E-state index in [0.717, 1.165) is 18.5 Å². The number of carbonyl (C=O) groups excluding carboxylic acids is 1. The van der Waals surface area contributed by atoms with Crippen LogP contribution in [0.5, 0.6) is 0 Å². The smallest absolute Gasteiger partial charge is 0.256 e. The Hall–Kier alpha value is -2.83. The van der Waals surface area contributed by atoms with Crippen molar-refractivity contribution in [2.75, 3.05) is 13.1 Å². The van der Waals surface area contributed by atoms with Gasteiger partial charge in [-0.15, -0.1) is 0 Å². The number of rotatable bonds is 2. The van der Waals surface area contributed by atoms with Crippen LogP contribution in [-0.2, 0) is 0 Å². The molecule has 0 saturated carbocycles. The quantitative estimate of drug-likeness (QED) is 0.785. The van der Waals surface area contributed by atoms with Crippen molar-refractivity contribution in [3.8, 4) is 0 Å². The maximum absolute atomic E-state index is 14.4. The summed E-state index contributed by atoms with van der Waals surface area (Å²) in [6.45, 7) is 1.18. The minimum atomic E-state index is -0.559. The maximum atomic E-state index is 14.4. The second-order valence-corrected chi connectivity index (χ2v) is 5.98. The first-order valence-electron chi connectivity index (χ1n) is 7.91. The van der Waals surface area contributed by atoms with Gasteiger partial charge in [0.05, 0.1) is 16.6 Å². The molecule has 24 heavy (non-hydrogen) atoms. The summed E-state index contributed by atoms with van der Waals surface area (Å²) in [6.07, 6.45) is 6.60. The molecule has 1 fully saturated rings. The SMILES string of the molecule is O=C(c1cc2nccnc2cc1F)N1CCCC(c2ccn[nH]2)C1. The van der Waals surface area contributed by atoms with E-state index in [9.17, 15) is 9.18 Å². The molecule has 1 saturated heterocycles. The van der Waals surface area contributed by atoms with Gasteiger partial charge in [0.2, 0.25) is 0 Å². The highest BCUT2D eigenvalue weighted by atomic mass is 19.1. The van der Waals surface area contributed by atoms with E-state index in [4.69, 9.17) is 0 Å². The average Bonchev–Trinajstić information content (AvgIpc) is 3.15. The summed E-state index contributed by atoms with van der Waals surface area (Å²) in [7, 11) is 0. The normalized spacial score (nSPS) is 18.0. The fourth-order valence-corrected chi connectivity index (χ4v) is 3.23. The lowest BCUT2D eigenvalue weighted by Crippen LogP contribution is -2.39. The third-order valence-electron chi connectivity index (χ3n) is 4.46. The van der Waals surface area contributed by atoms with Gasteiger partial charge in [-0.2, -0.15) is 5.10 Å².